The third-order valence-electron chi connectivity index (χ3n) is 4.66. The van der Waals surface area contributed by atoms with Crippen LogP contribution in [0.5, 0.6) is 5.75 Å². The zero-order valence-corrected chi connectivity index (χ0v) is 18.6. The fourth-order valence-electron chi connectivity index (χ4n) is 3.40. The summed E-state index contributed by atoms with van der Waals surface area (Å²) in [5, 5.41) is 25.5. The lowest BCUT2D eigenvalue weighted by Gasteiger charge is -2.29. The summed E-state index contributed by atoms with van der Waals surface area (Å²) in [6, 6.07) is 9.10. The third kappa shape index (κ3) is 3.55. The van der Waals surface area contributed by atoms with E-state index < -0.39 is 11.7 Å². The van der Waals surface area contributed by atoms with Crippen molar-refractivity contribution in [2.75, 3.05) is 4.90 Å². The summed E-state index contributed by atoms with van der Waals surface area (Å²) < 4.78 is 8.07. The van der Waals surface area contributed by atoms with E-state index in [9.17, 15) is 15.2 Å². The second-order valence-electron chi connectivity index (χ2n) is 8.11. The van der Waals surface area contributed by atoms with Gasteiger partial charge in [-0.15, -0.1) is 11.3 Å². The van der Waals surface area contributed by atoms with Gasteiger partial charge >= 0.3 is 6.09 Å². The summed E-state index contributed by atoms with van der Waals surface area (Å²) >= 11 is 1.52. The Morgan fingerprint density at radius 2 is 2.03 bits per heavy atom. The average Bonchev–Trinajstić information content (AvgIpc) is 3.29. The molecule has 0 aliphatic rings. The summed E-state index contributed by atoms with van der Waals surface area (Å²) in [5.41, 5.74) is 1.44. The Bertz CT molecular complexity index is 1370. The van der Waals surface area contributed by atoms with Crippen LogP contribution in [-0.4, -0.2) is 31.4 Å². The molecule has 4 rings (SSSR count). The van der Waals surface area contributed by atoms with Crippen molar-refractivity contribution in [1.82, 2.24) is 14.6 Å². The summed E-state index contributed by atoms with van der Waals surface area (Å²) in [6.07, 6.45) is 0.888. The number of hydrogen-bond donors (Lipinski definition) is 1. The highest BCUT2D eigenvalue weighted by atomic mass is 32.1. The molecule has 0 aliphatic carbocycles. The molecule has 4 aromatic rings. The van der Waals surface area contributed by atoms with Crippen LogP contribution in [0.4, 0.5) is 16.3 Å². The third-order valence-corrected chi connectivity index (χ3v) is 5.60. The number of nitriles is 1. The largest absolute Gasteiger partial charge is 0.506 e. The van der Waals surface area contributed by atoms with Gasteiger partial charge in [0.15, 0.2) is 5.82 Å². The number of hydrogen-bond acceptors (Lipinski definition) is 7. The zero-order chi connectivity index (χ0) is 22.5. The number of amides is 1. The van der Waals surface area contributed by atoms with Crippen LogP contribution >= 0.6 is 11.3 Å². The van der Waals surface area contributed by atoms with E-state index in [1.807, 2.05) is 25.1 Å². The van der Waals surface area contributed by atoms with Gasteiger partial charge in [-0.1, -0.05) is 0 Å². The predicted molar refractivity (Wildman–Crippen MR) is 119 cm³/mol. The maximum absolute atomic E-state index is 13.4. The van der Waals surface area contributed by atoms with E-state index in [0.29, 0.717) is 22.6 Å². The van der Waals surface area contributed by atoms with Gasteiger partial charge in [0.05, 0.1) is 32.6 Å². The van der Waals surface area contributed by atoms with Gasteiger partial charge in [-0.3, -0.25) is 0 Å². The molecule has 8 nitrogen and oxygen atoms in total. The van der Waals surface area contributed by atoms with Gasteiger partial charge in [0, 0.05) is 5.56 Å². The average molecular weight is 436 g/mol. The van der Waals surface area contributed by atoms with Crippen LogP contribution in [0.1, 0.15) is 36.9 Å². The molecule has 158 valence electrons. The molecular weight excluding hydrogens is 414 g/mol. The molecule has 0 atom stereocenters. The van der Waals surface area contributed by atoms with E-state index in [2.05, 4.69) is 10.1 Å². The molecule has 0 aliphatic heterocycles. The number of aryl methyl sites for hydroxylation is 1. The zero-order valence-electron chi connectivity index (χ0n) is 17.8. The number of nitrogens with zero attached hydrogens (tertiary/aromatic N) is 5. The van der Waals surface area contributed by atoms with Crippen LogP contribution in [-0.2, 0) is 4.74 Å². The lowest BCUT2D eigenvalue weighted by molar-refractivity contribution is 0.0597. The maximum Gasteiger partial charge on any atom is 0.420 e. The van der Waals surface area contributed by atoms with Crippen LogP contribution in [0.3, 0.4) is 0 Å². The standard InChI is InChI=1S/C22H21N5O3S/c1-12-19(28)15(11-23)17-8-9-24-27(17)20(12)26(21(29)30-22(3,4)5)14-6-7-16-18(10-14)31-13(2)25-16/h6-10,28H,1-5H3. The number of carbonyl (C=O) groups is 1. The van der Waals surface area contributed by atoms with Crippen molar-refractivity contribution >= 4 is 44.7 Å². The summed E-state index contributed by atoms with van der Waals surface area (Å²) in [6.45, 7) is 8.91. The summed E-state index contributed by atoms with van der Waals surface area (Å²) in [7, 11) is 0. The summed E-state index contributed by atoms with van der Waals surface area (Å²) in [4.78, 5) is 19.2. The number of anilines is 2. The fraction of sp³-hybridized carbons (Fsp3) is 0.273. The number of fused-ring (bicyclic) bond motifs is 2. The van der Waals surface area contributed by atoms with Gasteiger partial charge < -0.3 is 9.84 Å². The van der Waals surface area contributed by atoms with E-state index in [-0.39, 0.29) is 11.3 Å². The summed E-state index contributed by atoms with van der Waals surface area (Å²) in [5.74, 6) is 0.0973. The fourth-order valence-corrected chi connectivity index (χ4v) is 4.26. The topological polar surface area (TPSA) is 104 Å². The smallest absolute Gasteiger partial charge is 0.420 e. The van der Waals surface area contributed by atoms with E-state index >= 15 is 0 Å². The van der Waals surface area contributed by atoms with Crippen molar-refractivity contribution in [2.45, 2.75) is 40.2 Å². The van der Waals surface area contributed by atoms with E-state index in [1.165, 1.54) is 26.9 Å². The quantitative estimate of drug-likeness (QED) is 0.463. The van der Waals surface area contributed by atoms with Gasteiger partial charge in [0.25, 0.3) is 0 Å². The van der Waals surface area contributed by atoms with Crippen LogP contribution in [0, 0.1) is 25.2 Å². The van der Waals surface area contributed by atoms with Crippen molar-refractivity contribution in [1.29, 1.82) is 5.26 Å². The monoisotopic (exact) mass is 435 g/mol. The van der Waals surface area contributed by atoms with Gasteiger partial charge in [-0.05, 0) is 58.9 Å². The lowest BCUT2D eigenvalue weighted by Crippen LogP contribution is -2.35. The normalized spacial score (nSPS) is 11.6. The first-order valence-corrected chi connectivity index (χ1v) is 10.4. The molecule has 0 fully saturated rings. The number of aromatic nitrogens is 3. The molecule has 0 saturated heterocycles. The predicted octanol–water partition coefficient (Wildman–Crippen LogP) is 5.21. The first-order chi connectivity index (χ1) is 14.6. The molecule has 0 unspecified atom stereocenters. The van der Waals surface area contributed by atoms with Crippen molar-refractivity contribution < 1.29 is 14.6 Å². The Labute approximate surface area is 182 Å². The first kappa shape index (κ1) is 20.6. The minimum atomic E-state index is -0.744. The SMILES string of the molecule is Cc1nc2ccc(N(C(=O)OC(C)(C)C)c3c(C)c(O)c(C#N)c4ccnn34)cc2s1. The number of benzene rings is 1. The molecule has 9 heteroatoms. The number of ether oxygens (including phenoxy) is 1. The minimum Gasteiger partial charge on any atom is -0.506 e. The van der Waals surface area contributed by atoms with Crippen molar-refractivity contribution in [3.8, 4) is 11.8 Å². The molecule has 3 heterocycles. The first-order valence-electron chi connectivity index (χ1n) is 9.60. The lowest BCUT2D eigenvalue weighted by atomic mass is 10.1. The highest BCUT2D eigenvalue weighted by molar-refractivity contribution is 7.18. The van der Waals surface area contributed by atoms with Gasteiger partial charge in [0.2, 0.25) is 0 Å². The molecule has 3 aromatic heterocycles. The van der Waals surface area contributed by atoms with Crippen molar-refractivity contribution in [2.24, 2.45) is 0 Å². The second-order valence-corrected chi connectivity index (χ2v) is 9.35. The molecule has 1 N–H and O–H groups in total. The molecule has 31 heavy (non-hydrogen) atoms. The van der Waals surface area contributed by atoms with Gasteiger partial charge in [0.1, 0.15) is 23.0 Å². The molecule has 0 bridgehead atoms. The van der Waals surface area contributed by atoms with Crippen molar-refractivity contribution in [3.63, 3.8) is 0 Å². The molecule has 0 radical (unpaired) electrons. The Morgan fingerprint density at radius 3 is 2.71 bits per heavy atom. The number of thiazole rings is 1. The number of aromatic hydroxyl groups is 1. The highest BCUT2D eigenvalue weighted by Crippen LogP contribution is 2.39. The van der Waals surface area contributed by atoms with Crippen molar-refractivity contribution in [3.05, 3.63) is 46.6 Å². The highest BCUT2D eigenvalue weighted by Gasteiger charge is 2.31. The van der Waals surface area contributed by atoms with E-state index in [0.717, 1.165) is 15.2 Å². The number of rotatable bonds is 2. The Kier molecular flexibility index (Phi) is 4.82. The van der Waals surface area contributed by atoms with Crippen LogP contribution in [0.2, 0.25) is 0 Å². The molecule has 1 aromatic carbocycles. The molecule has 0 spiro atoms. The Morgan fingerprint density at radius 1 is 1.29 bits per heavy atom. The molecule has 0 saturated carbocycles. The van der Waals surface area contributed by atoms with E-state index in [1.54, 1.807) is 39.8 Å². The van der Waals surface area contributed by atoms with Crippen LogP contribution < -0.4 is 4.90 Å². The number of pyridine rings is 1. The molecule has 1 amide bonds. The van der Waals surface area contributed by atoms with Crippen LogP contribution in [0.15, 0.2) is 30.5 Å². The maximum atomic E-state index is 13.4. The second kappa shape index (κ2) is 7.25. The minimum absolute atomic E-state index is 0.0939. The number of carbonyl (C=O) groups excluding carboxylic acids is 1. The van der Waals surface area contributed by atoms with Gasteiger partial charge in [-0.25, -0.2) is 19.2 Å². The van der Waals surface area contributed by atoms with E-state index in [4.69, 9.17) is 4.74 Å². The Hall–Kier alpha value is -3.64. The van der Waals surface area contributed by atoms with Crippen LogP contribution in [0.25, 0.3) is 15.7 Å². The van der Waals surface area contributed by atoms with Gasteiger partial charge in [-0.2, -0.15) is 10.4 Å². The molecular formula is C22H21N5O3S. The Balaban J connectivity index is 2.02.